The Hall–Kier alpha value is -3.94. The molecule has 0 aliphatic carbocycles. The summed E-state index contributed by atoms with van der Waals surface area (Å²) in [5.74, 6) is -0.293. The molecule has 3 aromatic heterocycles. The fourth-order valence-corrected chi connectivity index (χ4v) is 3.12. The van der Waals surface area contributed by atoms with Crippen LogP contribution in [0, 0.1) is 6.92 Å². The molecule has 0 spiro atoms. The van der Waals surface area contributed by atoms with E-state index >= 15 is 0 Å². The zero-order valence-corrected chi connectivity index (χ0v) is 15.8. The minimum Gasteiger partial charge on any atom is -0.463 e. The van der Waals surface area contributed by atoms with Gasteiger partial charge in [0.25, 0.3) is 11.6 Å². The van der Waals surface area contributed by atoms with Crippen molar-refractivity contribution in [1.29, 1.82) is 0 Å². The molecular formula is C21H18N4O4. The Labute approximate surface area is 165 Å². The summed E-state index contributed by atoms with van der Waals surface area (Å²) in [5.41, 5.74) is 2.14. The molecule has 0 aliphatic heterocycles. The van der Waals surface area contributed by atoms with Gasteiger partial charge in [-0.3, -0.25) is 9.59 Å². The average molecular weight is 390 g/mol. The summed E-state index contributed by atoms with van der Waals surface area (Å²) in [6.07, 6.45) is 1.52. The van der Waals surface area contributed by atoms with E-state index in [0.29, 0.717) is 33.7 Å². The molecule has 3 heterocycles. The number of rotatable bonds is 5. The third-order valence-electron chi connectivity index (χ3n) is 4.55. The number of aryl methyl sites for hydroxylation is 1. The number of carbonyl (C=O) groups excluding carboxylic acids is 2. The first kappa shape index (κ1) is 18.4. The van der Waals surface area contributed by atoms with Crippen molar-refractivity contribution in [3.63, 3.8) is 0 Å². The third-order valence-corrected chi connectivity index (χ3v) is 4.55. The lowest BCUT2D eigenvalue weighted by molar-refractivity contribution is -0.122. The number of benzene rings is 1. The van der Waals surface area contributed by atoms with Crippen LogP contribution in [0.25, 0.3) is 22.6 Å². The molecule has 0 aliphatic rings. The van der Waals surface area contributed by atoms with Gasteiger partial charge in [-0.05, 0) is 30.7 Å². The van der Waals surface area contributed by atoms with Gasteiger partial charge in [0.2, 0.25) is 5.91 Å². The Morgan fingerprint density at radius 2 is 1.90 bits per heavy atom. The van der Waals surface area contributed by atoms with Gasteiger partial charge in [-0.2, -0.15) is 0 Å². The second-order valence-corrected chi connectivity index (χ2v) is 6.41. The van der Waals surface area contributed by atoms with Crippen LogP contribution in [0.15, 0.2) is 63.7 Å². The van der Waals surface area contributed by atoms with Crippen LogP contribution in [0.5, 0.6) is 0 Å². The Bertz CT molecular complexity index is 1170. The van der Waals surface area contributed by atoms with E-state index in [1.807, 2.05) is 6.07 Å². The van der Waals surface area contributed by atoms with E-state index < -0.39 is 11.9 Å². The maximum Gasteiger partial charge on any atom is 0.259 e. The molecule has 2 N–H and O–H groups in total. The van der Waals surface area contributed by atoms with Crippen LogP contribution in [0.4, 0.5) is 0 Å². The molecular weight excluding hydrogens is 372 g/mol. The number of fused-ring (bicyclic) bond motifs is 1. The van der Waals surface area contributed by atoms with Gasteiger partial charge in [-0.25, -0.2) is 4.98 Å². The molecule has 0 saturated heterocycles. The van der Waals surface area contributed by atoms with Crippen molar-refractivity contribution in [3.05, 3.63) is 71.6 Å². The summed E-state index contributed by atoms with van der Waals surface area (Å²) < 4.78 is 10.7. The molecule has 0 radical (unpaired) electrons. The quantitative estimate of drug-likeness (QED) is 0.542. The van der Waals surface area contributed by atoms with Crippen LogP contribution in [0.3, 0.4) is 0 Å². The highest BCUT2D eigenvalue weighted by atomic mass is 16.5. The van der Waals surface area contributed by atoms with Crippen LogP contribution in [0.2, 0.25) is 0 Å². The van der Waals surface area contributed by atoms with Crippen molar-refractivity contribution in [2.24, 2.45) is 0 Å². The molecule has 8 heteroatoms. The molecule has 1 aromatic carbocycles. The van der Waals surface area contributed by atoms with Gasteiger partial charge in [-0.1, -0.05) is 35.5 Å². The number of aromatic nitrogens is 2. The summed E-state index contributed by atoms with van der Waals surface area (Å²) >= 11 is 0. The van der Waals surface area contributed by atoms with Gasteiger partial charge in [0.1, 0.15) is 11.7 Å². The normalized spacial score (nSPS) is 11.9. The monoisotopic (exact) mass is 390 g/mol. The molecule has 4 aromatic rings. The van der Waals surface area contributed by atoms with Gasteiger partial charge < -0.3 is 19.6 Å². The fraction of sp³-hybridized carbons (Fsp3) is 0.143. The van der Waals surface area contributed by atoms with Gasteiger partial charge in [0.15, 0.2) is 5.76 Å². The molecule has 29 heavy (non-hydrogen) atoms. The largest absolute Gasteiger partial charge is 0.463 e. The van der Waals surface area contributed by atoms with E-state index in [4.69, 9.17) is 8.94 Å². The number of likely N-dealkylation sites (N-methyl/N-ethyl adjacent to an activating group) is 1. The van der Waals surface area contributed by atoms with E-state index in [1.165, 1.54) is 13.3 Å². The molecule has 0 unspecified atom stereocenters. The minimum atomic E-state index is -0.857. The lowest BCUT2D eigenvalue weighted by Gasteiger charge is -2.18. The molecule has 1 atom stereocenters. The van der Waals surface area contributed by atoms with Crippen molar-refractivity contribution in [2.45, 2.75) is 13.0 Å². The highest BCUT2D eigenvalue weighted by Crippen LogP contribution is 2.28. The third kappa shape index (κ3) is 3.47. The maximum atomic E-state index is 13.2. The van der Waals surface area contributed by atoms with E-state index in [0.717, 1.165) is 0 Å². The van der Waals surface area contributed by atoms with Gasteiger partial charge in [-0.15, -0.1) is 0 Å². The van der Waals surface area contributed by atoms with Crippen molar-refractivity contribution < 1.29 is 18.5 Å². The van der Waals surface area contributed by atoms with Crippen LogP contribution in [-0.2, 0) is 4.79 Å². The number of nitrogens with one attached hydrogen (secondary N) is 2. The number of carbonyl (C=O) groups is 2. The van der Waals surface area contributed by atoms with Crippen LogP contribution >= 0.6 is 0 Å². The van der Waals surface area contributed by atoms with E-state index in [2.05, 4.69) is 20.8 Å². The van der Waals surface area contributed by atoms with Crippen molar-refractivity contribution >= 4 is 22.9 Å². The molecule has 8 nitrogen and oxygen atoms in total. The Morgan fingerprint density at radius 3 is 2.59 bits per heavy atom. The highest BCUT2D eigenvalue weighted by Gasteiger charge is 2.26. The number of furan rings is 1. The summed E-state index contributed by atoms with van der Waals surface area (Å²) in [5, 5.41) is 9.80. The second kappa shape index (κ2) is 7.59. The van der Waals surface area contributed by atoms with E-state index in [9.17, 15) is 9.59 Å². The lowest BCUT2D eigenvalue weighted by Crippen LogP contribution is -2.39. The Kier molecular flexibility index (Phi) is 4.82. The molecule has 146 valence electrons. The second-order valence-electron chi connectivity index (χ2n) is 6.41. The van der Waals surface area contributed by atoms with Crippen molar-refractivity contribution in [3.8, 4) is 11.5 Å². The Balaban J connectivity index is 1.77. The molecule has 2 amide bonds. The number of pyridine rings is 1. The molecule has 0 saturated carbocycles. The average Bonchev–Trinajstić information content (AvgIpc) is 3.42. The SMILES string of the molecule is CNC(=O)[C@@H](NC(=O)c1cc(-c2ccco2)nc2onc(C)c12)c1ccccc1. The topological polar surface area (TPSA) is 110 Å². The van der Waals surface area contributed by atoms with E-state index in [-0.39, 0.29) is 11.6 Å². The Morgan fingerprint density at radius 1 is 1.10 bits per heavy atom. The molecule has 0 fully saturated rings. The standard InChI is InChI=1S/C21H18N4O4/c1-12-17-14(11-15(16-9-6-10-28-16)23-21(17)29-25-12)19(26)24-18(20(27)22-2)13-7-4-3-5-8-13/h3-11,18H,1-2H3,(H,22,27)(H,24,26)/t18-/m0/s1. The fourth-order valence-electron chi connectivity index (χ4n) is 3.12. The first-order valence-corrected chi connectivity index (χ1v) is 8.96. The van der Waals surface area contributed by atoms with Gasteiger partial charge >= 0.3 is 0 Å². The predicted octanol–water partition coefficient (Wildman–Crippen LogP) is 3.01. The summed E-state index contributed by atoms with van der Waals surface area (Å²) in [7, 11) is 1.52. The van der Waals surface area contributed by atoms with E-state index in [1.54, 1.807) is 49.4 Å². The number of hydrogen-bond donors (Lipinski definition) is 2. The zero-order valence-electron chi connectivity index (χ0n) is 15.8. The summed E-state index contributed by atoms with van der Waals surface area (Å²) in [4.78, 5) is 30.0. The summed E-state index contributed by atoms with van der Waals surface area (Å²) in [6, 6.07) is 13.2. The smallest absolute Gasteiger partial charge is 0.259 e. The highest BCUT2D eigenvalue weighted by molar-refractivity contribution is 6.08. The minimum absolute atomic E-state index is 0.220. The van der Waals surface area contributed by atoms with Crippen LogP contribution < -0.4 is 10.6 Å². The first-order valence-electron chi connectivity index (χ1n) is 8.96. The zero-order chi connectivity index (χ0) is 20.4. The summed E-state index contributed by atoms with van der Waals surface area (Å²) in [6.45, 7) is 1.73. The van der Waals surface area contributed by atoms with Crippen molar-refractivity contribution in [2.75, 3.05) is 7.05 Å². The number of hydrogen-bond acceptors (Lipinski definition) is 6. The lowest BCUT2D eigenvalue weighted by atomic mass is 10.0. The van der Waals surface area contributed by atoms with Gasteiger partial charge in [0.05, 0.1) is 22.9 Å². The van der Waals surface area contributed by atoms with Crippen LogP contribution in [-0.4, -0.2) is 29.0 Å². The van der Waals surface area contributed by atoms with Gasteiger partial charge in [0, 0.05) is 7.05 Å². The molecule has 4 rings (SSSR count). The first-order chi connectivity index (χ1) is 14.1. The molecule has 0 bridgehead atoms. The number of nitrogens with zero attached hydrogens (tertiary/aromatic N) is 2. The predicted molar refractivity (Wildman–Crippen MR) is 105 cm³/mol. The van der Waals surface area contributed by atoms with Crippen molar-refractivity contribution in [1.82, 2.24) is 20.8 Å². The van der Waals surface area contributed by atoms with Crippen LogP contribution in [0.1, 0.15) is 27.7 Å². The number of amides is 2. The maximum absolute atomic E-state index is 13.2.